The Morgan fingerprint density at radius 3 is 2.24 bits per heavy atom. The summed E-state index contributed by atoms with van der Waals surface area (Å²) in [6.45, 7) is 9.88. The molecule has 0 radical (unpaired) electrons. The van der Waals surface area contributed by atoms with Crippen LogP contribution in [0.4, 0.5) is 5.82 Å². The van der Waals surface area contributed by atoms with Crippen molar-refractivity contribution in [1.82, 2.24) is 10.3 Å². The topological polar surface area (TPSA) is 71.2 Å². The first-order chi connectivity index (χ1) is 8.88. The normalized spacial score (nSPS) is 10.1. The van der Waals surface area contributed by atoms with Crippen LogP contribution >= 0.6 is 24.8 Å². The monoisotopic (exact) mass is 336 g/mol. The molecular formula is C14H26Cl2N4O. The third-order valence-corrected chi connectivity index (χ3v) is 2.93. The maximum Gasteiger partial charge on any atom is 0.239 e. The lowest BCUT2D eigenvalue weighted by atomic mass is 10.1. The highest BCUT2D eigenvalue weighted by atomic mass is 35.5. The molecular weight excluding hydrogens is 311 g/mol. The van der Waals surface area contributed by atoms with Crippen molar-refractivity contribution in [3.05, 3.63) is 23.9 Å². The van der Waals surface area contributed by atoms with Gasteiger partial charge in [0.15, 0.2) is 0 Å². The summed E-state index contributed by atoms with van der Waals surface area (Å²) in [6, 6.07) is 3.95. The van der Waals surface area contributed by atoms with Crippen LogP contribution in [0.5, 0.6) is 0 Å². The van der Waals surface area contributed by atoms with Gasteiger partial charge in [0.1, 0.15) is 5.82 Å². The van der Waals surface area contributed by atoms with Gasteiger partial charge in [0.05, 0.1) is 5.54 Å². The Hall–Kier alpha value is -1.04. The molecule has 1 amide bonds. The second kappa shape index (κ2) is 9.82. The number of nitrogens with zero attached hydrogens (tertiary/aromatic N) is 2. The molecule has 1 rings (SSSR count). The minimum Gasteiger partial charge on any atom is -0.357 e. The Bertz CT molecular complexity index is 414. The van der Waals surface area contributed by atoms with Gasteiger partial charge in [0, 0.05) is 25.8 Å². The Labute approximate surface area is 139 Å². The molecule has 0 aliphatic carbocycles. The third kappa shape index (κ3) is 6.98. The molecule has 3 N–H and O–H groups in total. The number of nitrogens with one attached hydrogen (secondary N) is 1. The summed E-state index contributed by atoms with van der Waals surface area (Å²) in [6.07, 6.45) is 1.79. The highest BCUT2D eigenvalue weighted by Gasteiger charge is 2.21. The molecule has 1 aromatic rings. The molecule has 0 bridgehead atoms. The molecule has 0 saturated heterocycles. The van der Waals surface area contributed by atoms with Crippen LogP contribution in [0.15, 0.2) is 18.3 Å². The summed E-state index contributed by atoms with van der Waals surface area (Å²) in [7, 11) is 0. The maximum absolute atomic E-state index is 11.6. The second-order valence-electron chi connectivity index (χ2n) is 5.10. The molecule has 1 heterocycles. The summed E-state index contributed by atoms with van der Waals surface area (Å²) in [5.41, 5.74) is 5.82. The fourth-order valence-electron chi connectivity index (χ4n) is 1.67. The van der Waals surface area contributed by atoms with E-state index < -0.39 is 5.54 Å². The van der Waals surface area contributed by atoms with E-state index in [1.54, 1.807) is 20.0 Å². The predicted octanol–water partition coefficient (Wildman–Crippen LogP) is 2.12. The molecule has 0 aliphatic heterocycles. The highest BCUT2D eigenvalue weighted by molar-refractivity contribution is 5.85. The summed E-state index contributed by atoms with van der Waals surface area (Å²) in [4.78, 5) is 18.2. The first-order valence-corrected chi connectivity index (χ1v) is 6.65. The van der Waals surface area contributed by atoms with Crippen molar-refractivity contribution in [2.75, 3.05) is 18.0 Å². The number of nitrogens with two attached hydrogens (primary N) is 1. The van der Waals surface area contributed by atoms with Crippen molar-refractivity contribution < 1.29 is 4.79 Å². The van der Waals surface area contributed by atoms with E-state index in [1.165, 1.54) is 0 Å². The summed E-state index contributed by atoms with van der Waals surface area (Å²) >= 11 is 0. The van der Waals surface area contributed by atoms with Gasteiger partial charge < -0.3 is 16.0 Å². The largest absolute Gasteiger partial charge is 0.357 e. The highest BCUT2D eigenvalue weighted by Crippen LogP contribution is 2.10. The molecule has 0 fully saturated rings. The van der Waals surface area contributed by atoms with Crippen LogP contribution in [0.25, 0.3) is 0 Å². The minimum absolute atomic E-state index is 0. The summed E-state index contributed by atoms with van der Waals surface area (Å²) in [5, 5.41) is 2.80. The molecule has 0 atom stereocenters. The lowest BCUT2D eigenvalue weighted by Gasteiger charge is -2.20. The Morgan fingerprint density at radius 1 is 1.29 bits per heavy atom. The molecule has 122 valence electrons. The second-order valence-corrected chi connectivity index (χ2v) is 5.10. The third-order valence-electron chi connectivity index (χ3n) is 2.93. The van der Waals surface area contributed by atoms with E-state index in [9.17, 15) is 4.79 Å². The first-order valence-electron chi connectivity index (χ1n) is 6.65. The zero-order chi connectivity index (χ0) is 14.5. The van der Waals surface area contributed by atoms with Crippen LogP contribution in [0.3, 0.4) is 0 Å². The molecule has 0 aromatic carbocycles. The molecule has 0 aliphatic rings. The number of pyridine rings is 1. The molecule has 1 aromatic heterocycles. The van der Waals surface area contributed by atoms with Gasteiger partial charge in [0.2, 0.25) is 5.91 Å². The average molecular weight is 337 g/mol. The van der Waals surface area contributed by atoms with Crippen LogP contribution in [0.2, 0.25) is 0 Å². The van der Waals surface area contributed by atoms with Crippen molar-refractivity contribution in [2.45, 2.75) is 39.8 Å². The lowest BCUT2D eigenvalue weighted by molar-refractivity contribution is -0.125. The first kappa shape index (κ1) is 22.2. The quantitative estimate of drug-likeness (QED) is 0.834. The standard InChI is InChI=1S/C14H24N4O.2ClH/c1-5-18(6-2)12-8-7-11(9-16-12)10-17-13(19)14(3,4)15;;/h7-9H,5-6,10,15H2,1-4H3,(H,17,19);2*1H. The smallest absolute Gasteiger partial charge is 0.239 e. The summed E-state index contributed by atoms with van der Waals surface area (Å²) < 4.78 is 0. The zero-order valence-electron chi connectivity index (χ0n) is 13.0. The Morgan fingerprint density at radius 2 is 1.86 bits per heavy atom. The van der Waals surface area contributed by atoms with Gasteiger partial charge in [0.25, 0.3) is 0 Å². The van der Waals surface area contributed by atoms with Gasteiger partial charge in [-0.3, -0.25) is 4.79 Å². The molecule has 21 heavy (non-hydrogen) atoms. The van der Waals surface area contributed by atoms with Crippen molar-refractivity contribution in [2.24, 2.45) is 5.73 Å². The minimum atomic E-state index is -0.853. The van der Waals surface area contributed by atoms with Gasteiger partial charge in [-0.2, -0.15) is 0 Å². The van der Waals surface area contributed by atoms with Crippen molar-refractivity contribution in [3.8, 4) is 0 Å². The predicted molar refractivity (Wildman–Crippen MR) is 92.4 cm³/mol. The number of aromatic nitrogens is 1. The zero-order valence-corrected chi connectivity index (χ0v) is 14.7. The van der Waals surface area contributed by atoms with Crippen LogP contribution in [0, 0.1) is 0 Å². The van der Waals surface area contributed by atoms with Crippen molar-refractivity contribution >= 4 is 36.5 Å². The van der Waals surface area contributed by atoms with Crippen LogP contribution in [-0.2, 0) is 11.3 Å². The van der Waals surface area contributed by atoms with E-state index in [2.05, 4.69) is 29.0 Å². The van der Waals surface area contributed by atoms with E-state index in [4.69, 9.17) is 5.73 Å². The van der Waals surface area contributed by atoms with Crippen LogP contribution in [0.1, 0.15) is 33.3 Å². The van der Waals surface area contributed by atoms with E-state index in [1.807, 2.05) is 12.1 Å². The van der Waals surface area contributed by atoms with Gasteiger partial charge in [-0.25, -0.2) is 4.98 Å². The molecule has 0 unspecified atom stereocenters. The number of anilines is 1. The number of carbonyl (C=O) groups is 1. The number of halogens is 2. The molecule has 5 nitrogen and oxygen atoms in total. The van der Waals surface area contributed by atoms with Gasteiger partial charge >= 0.3 is 0 Å². The van der Waals surface area contributed by atoms with E-state index in [0.717, 1.165) is 24.5 Å². The maximum atomic E-state index is 11.6. The molecule has 0 saturated carbocycles. The SMILES string of the molecule is CCN(CC)c1ccc(CNC(=O)C(C)(C)N)cn1.Cl.Cl. The number of amides is 1. The summed E-state index contributed by atoms with van der Waals surface area (Å²) in [5.74, 6) is 0.791. The van der Waals surface area contributed by atoms with Crippen molar-refractivity contribution in [3.63, 3.8) is 0 Å². The van der Waals surface area contributed by atoms with Crippen LogP contribution in [-0.4, -0.2) is 29.5 Å². The number of carbonyl (C=O) groups excluding carboxylic acids is 1. The Balaban J connectivity index is 0. The van der Waals surface area contributed by atoms with Crippen molar-refractivity contribution in [1.29, 1.82) is 0 Å². The fourth-order valence-corrected chi connectivity index (χ4v) is 1.67. The molecule has 7 heteroatoms. The van der Waals surface area contributed by atoms with E-state index in [0.29, 0.717) is 6.54 Å². The Kier molecular flexibility index (Phi) is 10.4. The number of hydrogen-bond donors (Lipinski definition) is 2. The molecule has 0 spiro atoms. The number of hydrogen-bond acceptors (Lipinski definition) is 4. The fraction of sp³-hybridized carbons (Fsp3) is 0.571. The van der Waals surface area contributed by atoms with Gasteiger partial charge in [-0.1, -0.05) is 6.07 Å². The number of rotatable bonds is 6. The van der Waals surface area contributed by atoms with Gasteiger partial charge in [-0.15, -0.1) is 24.8 Å². The van der Waals surface area contributed by atoms with Gasteiger partial charge in [-0.05, 0) is 39.3 Å². The lowest BCUT2D eigenvalue weighted by Crippen LogP contribution is -2.48. The average Bonchev–Trinajstić information content (AvgIpc) is 2.37. The van der Waals surface area contributed by atoms with Crippen LogP contribution < -0.4 is 16.0 Å². The van der Waals surface area contributed by atoms with E-state index >= 15 is 0 Å². The van der Waals surface area contributed by atoms with E-state index in [-0.39, 0.29) is 30.7 Å².